The molecule has 0 aliphatic rings. The van der Waals surface area contributed by atoms with E-state index < -0.39 is 23.8 Å². The van der Waals surface area contributed by atoms with Crippen LogP contribution in [0.25, 0.3) is 0 Å². The fourth-order valence-electron chi connectivity index (χ4n) is 3.62. The number of aromatic hydroxyl groups is 1. The van der Waals surface area contributed by atoms with Gasteiger partial charge in [0.05, 0.1) is 12.2 Å². The van der Waals surface area contributed by atoms with Gasteiger partial charge in [0.2, 0.25) is 0 Å². The molecule has 0 saturated carbocycles. The molecule has 0 fully saturated rings. The summed E-state index contributed by atoms with van der Waals surface area (Å²) in [6, 6.07) is 18.3. The minimum absolute atomic E-state index is 0.101. The number of aliphatic hydroxyl groups excluding tert-OH is 2. The zero-order chi connectivity index (χ0) is 22.4. The van der Waals surface area contributed by atoms with Crippen LogP contribution in [0.5, 0.6) is 5.75 Å². The molecule has 0 saturated heterocycles. The topological polar surface area (TPSA) is 63.9 Å². The molecule has 0 spiro atoms. The van der Waals surface area contributed by atoms with E-state index in [0.29, 0.717) is 17.5 Å². The molecule has 4 nitrogen and oxygen atoms in total. The summed E-state index contributed by atoms with van der Waals surface area (Å²) in [5, 5.41) is 30.9. The fraction of sp³-hybridized carbons (Fsp3) is 0.280. The van der Waals surface area contributed by atoms with Crippen LogP contribution in [0.2, 0.25) is 0 Å². The molecule has 6 heteroatoms. The second-order valence-electron chi connectivity index (χ2n) is 7.82. The Balaban J connectivity index is 1.78. The molecule has 0 aliphatic carbocycles. The van der Waals surface area contributed by atoms with E-state index in [4.69, 9.17) is 0 Å². The van der Waals surface area contributed by atoms with Crippen molar-refractivity contribution in [2.45, 2.75) is 31.6 Å². The Hall–Kier alpha value is -2.80. The van der Waals surface area contributed by atoms with Crippen molar-refractivity contribution in [3.8, 4) is 5.75 Å². The molecule has 3 aromatic carbocycles. The standard InChI is InChI=1S/C25H27F2NO3/c1-17(12-18-8-10-23(29)11-9-18)28(15-24(30)19-4-2-6-21(26)13-19)16-25(31)20-5-3-7-22(27)14-20/h2-11,13-14,17,24-25,29-31H,12,15-16H2,1H3/t17-,24?,25?/m1/s1. The van der Waals surface area contributed by atoms with Crippen LogP contribution in [0.4, 0.5) is 8.78 Å². The minimum Gasteiger partial charge on any atom is -0.508 e. The van der Waals surface area contributed by atoms with Crippen LogP contribution in [0, 0.1) is 11.6 Å². The maximum Gasteiger partial charge on any atom is 0.123 e. The summed E-state index contributed by atoms with van der Waals surface area (Å²) in [7, 11) is 0. The summed E-state index contributed by atoms with van der Waals surface area (Å²) in [4.78, 5) is 1.90. The SMILES string of the molecule is C[C@H](Cc1ccc(O)cc1)N(CC(O)c1cccc(F)c1)CC(O)c1cccc(F)c1. The van der Waals surface area contributed by atoms with Crippen LogP contribution in [0.15, 0.2) is 72.8 Å². The summed E-state index contributed by atoms with van der Waals surface area (Å²) in [6.45, 7) is 2.29. The number of phenolic OH excluding ortho intramolecular Hbond substituents is 1. The molecule has 164 valence electrons. The Bertz CT molecular complexity index is 927. The van der Waals surface area contributed by atoms with E-state index in [2.05, 4.69) is 0 Å². The van der Waals surface area contributed by atoms with E-state index in [9.17, 15) is 24.1 Å². The number of rotatable bonds is 9. The second-order valence-corrected chi connectivity index (χ2v) is 7.82. The monoisotopic (exact) mass is 427 g/mol. The normalized spacial score (nSPS) is 14.4. The second kappa shape index (κ2) is 10.5. The van der Waals surface area contributed by atoms with Crippen LogP contribution in [0.3, 0.4) is 0 Å². The van der Waals surface area contributed by atoms with Gasteiger partial charge in [-0.2, -0.15) is 0 Å². The van der Waals surface area contributed by atoms with Gasteiger partial charge in [-0.1, -0.05) is 36.4 Å². The Morgan fingerprint density at radius 2 is 1.26 bits per heavy atom. The third-order valence-corrected chi connectivity index (χ3v) is 5.37. The van der Waals surface area contributed by atoms with Crippen molar-refractivity contribution in [2.24, 2.45) is 0 Å². The first-order valence-corrected chi connectivity index (χ1v) is 10.2. The van der Waals surface area contributed by atoms with Crippen LogP contribution in [-0.4, -0.2) is 39.4 Å². The van der Waals surface area contributed by atoms with Gasteiger partial charge in [-0.15, -0.1) is 0 Å². The number of halogens is 2. The smallest absolute Gasteiger partial charge is 0.123 e. The molecule has 3 aromatic rings. The van der Waals surface area contributed by atoms with Gasteiger partial charge in [0.15, 0.2) is 0 Å². The van der Waals surface area contributed by atoms with Gasteiger partial charge in [-0.25, -0.2) is 8.78 Å². The van der Waals surface area contributed by atoms with Crippen molar-refractivity contribution in [3.63, 3.8) is 0 Å². The maximum absolute atomic E-state index is 13.6. The summed E-state index contributed by atoms with van der Waals surface area (Å²) < 4.78 is 27.2. The van der Waals surface area contributed by atoms with Gasteiger partial charge < -0.3 is 15.3 Å². The van der Waals surface area contributed by atoms with Gasteiger partial charge in [0.1, 0.15) is 17.4 Å². The van der Waals surface area contributed by atoms with E-state index in [1.165, 1.54) is 24.3 Å². The molecule has 0 amide bonds. The van der Waals surface area contributed by atoms with Crippen LogP contribution >= 0.6 is 0 Å². The van der Waals surface area contributed by atoms with E-state index >= 15 is 0 Å². The summed E-state index contributed by atoms with van der Waals surface area (Å²) in [5.74, 6) is -0.684. The molecule has 0 bridgehead atoms. The first kappa shape index (κ1) is 22.9. The zero-order valence-electron chi connectivity index (χ0n) is 17.3. The molecule has 0 radical (unpaired) electrons. The van der Waals surface area contributed by atoms with Gasteiger partial charge >= 0.3 is 0 Å². The third-order valence-electron chi connectivity index (χ3n) is 5.37. The molecule has 0 aliphatic heterocycles. The molecule has 0 heterocycles. The third kappa shape index (κ3) is 6.59. The highest BCUT2D eigenvalue weighted by Crippen LogP contribution is 2.23. The highest BCUT2D eigenvalue weighted by Gasteiger charge is 2.23. The molecule has 3 atom stereocenters. The Morgan fingerprint density at radius 1 is 0.774 bits per heavy atom. The van der Waals surface area contributed by atoms with Gasteiger partial charge in [0.25, 0.3) is 0 Å². The lowest BCUT2D eigenvalue weighted by atomic mass is 10.0. The molecule has 3 rings (SSSR count). The summed E-state index contributed by atoms with van der Waals surface area (Å²) >= 11 is 0. The number of benzene rings is 3. The maximum atomic E-state index is 13.6. The molecule has 31 heavy (non-hydrogen) atoms. The predicted octanol–water partition coefficient (Wildman–Crippen LogP) is 4.37. The molecular weight excluding hydrogens is 400 g/mol. The molecular formula is C25H27F2NO3. The summed E-state index contributed by atoms with van der Waals surface area (Å²) in [5.41, 5.74) is 1.87. The van der Waals surface area contributed by atoms with Crippen molar-refractivity contribution >= 4 is 0 Å². The van der Waals surface area contributed by atoms with Crippen molar-refractivity contribution in [1.82, 2.24) is 4.90 Å². The lowest BCUT2D eigenvalue weighted by Crippen LogP contribution is -2.40. The summed E-state index contributed by atoms with van der Waals surface area (Å²) in [6.07, 6.45) is -1.32. The van der Waals surface area contributed by atoms with Crippen LogP contribution in [-0.2, 0) is 6.42 Å². The molecule has 3 N–H and O–H groups in total. The van der Waals surface area contributed by atoms with E-state index in [1.807, 2.05) is 24.0 Å². The first-order valence-electron chi connectivity index (χ1n) is 10.2. The molecule has 2 unspecified atom stereocenters. The Morgan fingerprint density at radius 3 is 1.71 bits per heavy atom. The van der Waals surface area contributed by atoms with Crippen molar-refractivity contribution < 1.29 is 24.1 Å². The van der Waals surface area contributed by atoms with E-state index in [-0.39, 0.29) is 24.9 Å². The first-order chi connectivity index (χ1) is 14.8. The van der Waals surface area contributed by atoms with E-state index in [1.54, 1.807) is 36.4 Å². The van der Waals surface area contributed by atoms with Crippen LogP contribution < -0.4 is 0 Å². The Kier molecular flexibility index (Phi) is 7.74. The van der Waals surface area contributed by atoms with Crippen molar-refractivity contribution in [3.05, 3.63) is 101 Å². The van der Waals surface area contributed by atoms with Gasteiger partial charge in [0, 0.05) is 19.1 Å². The van der Waals surface area contributed by atoms with Crippen molar-refractivity contribution in [2.75, 3.05) is 13.1 Å². The Labute approximate surface area is 181 Å². The average molecular weight is 427 g/mol. The van der Waals surface area contributed by atoms with Crippen LogP contribution in [0.1, 0.15) is 35.8 Å². The van der Waals surface area contributed by atoms with Crippen molar-refractivity contribution in [1.29, 1.82) is 0 Å². The number of hydrogen-bond donors (Lipinski definition) is 3. The van der Waals surface area contributed by atoms with Gasteiger partial charge in [-0.05, 0) is 66.4 Å². The predicted molar refractivity (Wildman–Crippen MR) is 116 cm³/mol. The highest BCUT2D eigenvalue weighted by molar-refractivity contribution is 5.26. The van der Waals surface area contributed by atoms with E-state index in [0.717, 1.165) is 5.56 Å². The number of hydrogen-bond acceptors (Lipinski definition) is 4. The fourth-order valence-corrected chi connectivity index (χ4v) is 3.62. The largest absolute Gasteiger partial charge is 0.508 e. The number of nitrogens with zero attached hydrogens (tertiary/aromatic N) is 1. The molecule has 0 aromatic heterocycles. The zero-order valence-corrected chi connectivity index (χ0v) is 17.3. The minimum atomic E-state index is -0.960. The quantitative estimate of drug-likeness (QED) is 0.475. The average Bonchev–Trinajstić information content (AvgIpc) is 2.74. The lowest BCUT2D eigenvalue weighted by Gasteiger charge is -2.33. The number of aliphatic hydroxyl groups is 2. The lowest BCUT2D eigenvalue weighted by molar-refractivity contribution is 0.0478. The highest BCUT2D eigenvalue weighted by atomic mass is 19.1. The number of phenols is 1. The van der Waals surface area contributed by atoms with Gasteiger partial charge in [-0.3, -0.25) is 4.90 Å².